The number of benzene rings is 1. The first-order valence-electron chi connectivity index (χ1n) is 13.0. The molecule has 0 aromatic heterocycles. The lowest BCUT2D eigenvalue weighted by atomic mass is 9.65. The highest BCUT2D eigenvalue weighted by Crippen LogP contribution is 2.68. The van der Waals surface area contributed by atoms with E-state index in [-0.39, 0.29) is 41.5 Å². The number of carbonyl (C=O) groups excluding carboxylic acids is 3. The summed E-state index contributed by atoms with van der Waals surface area (Å²) < 4.78 is -0.658. The van der Waals surface area contributed by atoms with E-state index < -0.39 is 28.7 Å². The third-order valence-electron chi connectivity index (χ3n) is 8.23. The van der Waals surface area contributed by atoms with E-state index in [4.69, 9.17) is 0 Å². The predicted molar refractivity (Wildman–Crippen MR) is 137 cm³/mol. The van der Waals surface area contributed by atoms with Crippen LogP contribution in [0.25, 0.3) is 0 Å². The fraction of sp³-hybridized carbons (Fsp3) is 0.667. The van der Waals surface area contributed by atoms with Crippen molar-refractivity contribution < 1.29 is 19.5 Å². The topological polar surface area (TPSA) is 98.7 Å². The van der Waals surface area contributed by atoms with Crippen LogP contribution in [-0.2, 0) is 20.9 Å². The molecule has 3 fully saturated rings. The van der Waals surface area contributed by atoms with E-state index in [9.17, 15) is 19.5 Å². The molecule has 3 aliphatic rings. The largest absolute Gasteiger partial charge is 0.394 e. The van der Waals surface area contributed by atoms with Crippen molar-refractivity contribution in [2.75, 3.05) is 6.61 Å². The van der Waals surface area contributed by atoms with Crippen molar-refractivity contribution in [3.05, 3.63) is 35.9 Å². The van der Waals surface area contributed by atoms with Gasteiger partial charge in [0.1, 0.15) is 6.04 Å². The van der Waals surface area contributed by atoms with Crippen molar-refractivity contribution in [3.63, 3.8) is 0 Å². The molecule has 0 aliphatic carbocycles. The Labute approximate surface area is 212 Å². The minimum Gasteiger partial charge on any atom is -0.394 e. The van der Waals surface area contributed by atoms with Gasteiger partial charge >= 0.3 is 0 Å². The first-order chi connectivity index (χ1) is 16.8. The molecule has 192 valence electrons. The fourth-order valence-electron chi connectivity index (χ4n) is 6.60. The van der Waals surface area contributed by atoms with E-state index in [1.807, 2.05) is 44.2 Å². The molecule has 0 radical (unpaired) electrons. The summed E-state index contributed by atoms with van der Waals surface area (Å²) in [4.78, 5) is 43.0. The molecule has 4 rings (SSSR count). The second-order valence-corrected chi connectivity index (χ2v) is 12.0. The van der Waals surface area contributed by atoms with Gasteiger partial charge in [-0.2, -0.15) is 0 Å². The molecule has 7 nitrogen and oxygen atoms in total. The molecule has 35 heavy (non-hydrogen) atoms. The average molecular weight is 502 g/mol. The minimum absolute atomic E-state index is 0.00187. The van der Waals surface area contributed by atoms with Gasteiger partial charge in [0, 0.05) is 17.8 Å². The molecule has 1 spiro atoms. The van der Waals surface area contributed by atoms with Crippen LogP contribution >= 0.6 is 11.8 Å². The van der Waals surface area contributed by atoms with Gasteiger partial charge in [-0.05, 0) is 37.7 Å². The second kappa shape index (κ2) is 10.5. The van der Waals surface area contributed by atoms with Crippen LogP contribution in [0.1, 0.15) is 58.9 Å². The Hall–Kier alpha value is -2.06. The summed E-state index contributed by atoms with van der Waals surface area (Å²) in [7, 11) is 0. The molecular weight excluding hydrogens is 462 g/mol. The van der Waals surface area contributed by atoms with E-state index in [2.05, 4.69) is 24.5 Å². The molecule has 3 saturated heterocycles. The zero-order chi connectivity index (χ0) is 25.3. The molecular formula is C27H39N3O4S. The quantitative estimate of drug-likeness (QED) is 0.458. The Morgan fingerprint density at radius 1 is 1.23 bits per heavy atom. The van der Waals surface area contributed by atoms with Crippen LogP contribution in [0.4, 0.5) is 0 Å². The van der Waals surface area contributed by atoms with Crippen LogP contribution in [0, 0.1) is 17.8 Å². The molecule has 3 heterocycles. The van der Waals surface area contributed by atoms with E-state index in [1.54, 1.807) is 16.7 Å². The molecule has 0 saturated carbocycles. The number of carbonyl (C=O) groups is 3. The van der Waals surface area contributed by atoms with Crippen LogP contribution in [0.2, 0.25) is 0 Å². The van der Waals surface area contributed by atoms with E-state index in [0.717, 1.165) is 24.8 Å². The monoisotopic (exact) mass is 501 g/mol. The van der Waals surface area contributed by atoms with Gasteiger partial charge in [0.05, 0.1) is 29.2 Å². The summed E-state index contributed by atoms with van der Waals surface area (Å²) in [5.41, 5.74) is 1.01. The van der Waals surface area contributed by atoms with Gasteiger partial charge in [-0.3, -0.25) is 14.4 Å². The summed E-state index contributed by atoms with van der Waals surface area (Å²) in [6.07, 6.45) is 3.16. The molecule has 4 unspecified atom stereocenters. The number of fused-ring (bicyclic) bond motifs is 1. The molecule has 8 heteroatoms. The highest BCUT2D eigenvalue weighted by atomic mass is 32.2. The Kier molecular flexibility index (Phi) is 7.81. The number of hydrogen-bond acceptors (Lipinski definition) is 5. The van der Waals surface area contributed by atoms with Gasteiger partial charge in [-0.25, -0.2) is 0 Å². The minimum atomic E-state index is -0.687. The van der Waals surface area contributed by atoms with Crippen molar-refractivity contribution in [2.45, 2.75) is 88.0 Å². The fourth-order valence-corrected chi connectivity index (χ4v) is 9.00. The van der Waals surface area contributed by atoms with E-state index in [0.29, 0.717) is 13.0 Å². The number of aliphatic hydroxyl groups is 1. The molecule has 8 atom stereocenters. The molecule has 3 aliphatic heterocycles. The lowest BCUT2D eigenvalue weighted by Gasteiger charge is -2.40. The number of thioether (sulfide) groups is 1. The number of rotatable bonds is 10. The molecule has 3 N–H and O–H groups in total. The zero-order valence-electron chi connectivity index (χ0n) is 21.2. The lowest BCUT2D eigenvalue weighted by molar-refractivity contribution is -0.143. The van der Waals surface area contributed by atoms with Crippen LogP contribution < -0.4 is 10.6 Å². The van der Waals surface area contributed by atoms with Crippen molar-refractivity contribution in [2.24, 2.45) is 17.8 Å². The molecule has 1 aromatic carbocycles. The van der Waals surface area contributed by atoms with E-state index >= 15 is 0 Å². The first kappa shape index (κ1) is 26.0. The highest BCUT2D eigenvalue weighted by Gasteiger charge is 2.76. The summed E-state index contributed by atoms with van der Waals surface area (Å²) in [6.45, 7) is 8.32. The van der Waals surface area contributed by atoms with Gasteiger partial charge in [-0.1, -0.05) is 57.5 Å². The van der Waals surface area contributed by atoms with Gasteiger partial charge in [0.2, 0.25) is 17.7 Å². The summed E-state index contributed by atoms with van der Waals surface area (Å²) in [6, 6.07) is 8.61. The number of nitrogens with zero attached hydrogens (tertiary/aromatic N) is 1. The van der Waals surface area contributed by atoms with Crippen molar-refractivity contribution in [1.82, 2.24) is 15.5 Å². The van der Waals surface area contributed by atoms with Crippen molar-refractivity contribution in [3.8, 4) is 0 Å². The highest BCUT2D eigenvalue weighted by molar-refractivity contribution is 8.02. The number of hydrogen-bond donors (Lipinski definition) is 3. The average Bonchev–Trinajstić information content (AvgIpc) is 3.43. The van der Waals surface area contributed by atoms with Gasteiger partial charge in [0.25, 0.3) is 0 Å². The number of nitrogens with one attached hydrogen (secondary N) is 2. The third kappa shape index (κ3) is 4.37. The summed E-state index contributed by atoms with van der Waals surface area (Å²) in [5.74, 6) is -1.35. The normalized spacial score (nSPS) is 32.9. The summed E-state index contributed by atoms with van der Waals surface area (Å²) in [5, 5.41) is 16.4. The Morgan fingerprint density at radius 3 is 2.57 bits per heavy atom. The lowest BCUT2D eigenvalue weighted by Crippen LogP contribution is -2.59. The number of likely N-dealkylation sites (tertiary alicyclic amines) is 1. The second-order valence-electron chi connectivity index (χ2n) is 10.4. The maximum absolute atomic E-state index is 14.0. The van der Waals surface area contributed by atoms with Crippen LogP contribution in [-0.4, -0.2) is 62.5 Å². The van der Waals surface area contributed by atoms with Gasteiger partial charge in [0.15, 0.2) is 0 Å². The maximum Gasteiger partial charge on any atom is 0.244 e. The third-order valence-corrected chi connectivity index (χ3v) is 10.3. The predicted octanol–water partition coefficient (Wildman–Crippen LogP) is 2.72. The molecule has 3 amide bonds. The number of aliphatic hydroxyl groups excluding tert-OH is 1. The standard InChI is InChI=1S/C27H39N3O4S/c1-5-10-17(4)29-25(33)23-27-16(3)13-20(35-27)21(22(27)26(34)30(23)19(6-2)15-31)24(32)28-14-18-11-8-7-9-12-18/h7-9,11-12,16-17,19-23,31H,5-6,10,13-15H2,1-4H3,(H,28,32)(H,29,33)/t16?,17?,19-,20+,21-,22-,23?,27?/m0/s1. The van der Waals surface area contributed by atoms with E-state index in [1.165, 1.54) is 0 Å². The number of amides is 3. The SMILES string of the molecule is CCCC(C)NC(=O)C1N([C@@H](CC)CO)C(=O)[C@@H]2[C@@H](C(=O)NCc3ccccc3)[C@H]3CC(C)C12S3. The van der Waals surface area contributed by atoms with Crippen molar-refractivity contribution >= 4 is 29.5 Å². The Morgan fingerprint density at radius 2 is 1.94 bits per heavy atom. The summed E-state index contributed by atoms with van der Waals surface area (Å²) >= 11 is 1.67. The smallest absolute Gasteiger partial charge is 0.244 e. The van der Waals surface area contributed by atoms with Gasteiger partial charge in [-0.15, -0.1) is 11.8 Å². The molecule has 1 aromatic rings. The zero-order valence-corrected chi connectivity index (χ0v) is 22.0. The molecule has 2 bridgehead atoms. The maximum atomic E-state index is 14.0. The van der Waals surface area contributed by atoms with Crippen molar-refractivity contribution in [1.29, 1.82) is 0 Å². The van der Waals surface area contributed by atoms with Crippen LogP contribution in [0.3, 0.4) is 0 Å². The van der Waals surface area contributed by atoms with Crippen LogP contribution in [0.5, 0.6) is 0 Å². The van der Waals surface area contributed by atoms with Crippen LogP contribution in [0.15, 0.2) is 30.3 Å². The van der Waals surface area contributed by atoms with Gasteiger partial charge < -0.3 is 20.6 Å². The Balaban J connectivity index is 1.66. The first-order valence-corrected chi connectivity index (χ1v) is 13.9. The Bertz CT molecular complexity index is 940.